The summed E-state index contributed by atoms with van der Waals surface area (Å²) < 4.78 is 0. The molecule has 0 bridgehead atoms. The van der Waals surface area contributed by atoms with Crippen molar-refractivity contribution in [2.75, 3.05) is 0 Å². The first-order chi connectivity index (χ1) is 2.00. The van der Waals surface area contributed by atoms with Gasteiger partial charge in [0.05, 0.1) is 0 Å². The van der Waals surface area contributed by atoms with Crippen molar-refractivity contribution >= 4 is 64.4 Å². The van der Waals surface area contributed by atoms with Crippen molar-refractivity contribution in [2.24, 2.45) is 0 Å². The second-order valence-electron chi connectivity index (χ2n) is 0.600. The van der Waals surface area contributed by atoms with Crippen LogP contribution in [0, 0.1) is 0 Å². The Morgan fingerprint density at radius 1 is 1.00 bits per heavy atom. The van der Waals surface area contributed by atoms with Gasteiger partial charge in [-0.15, -0.1) is 0 Å². The van der Waals surface area contributed by atoms with E-state index in [1.54, 1.807) is 0 Å². The van der Waals surface area contributed by atoms with Gasteiger partial charge < -0.3 is 23.5 Å². The molecule has 0 amide bonds. The molecule has 0 aliphatic carbocycles. The molecule has 0 saturated carbocycles. The molecule has 46 valence electrons. The van der Waals surface area contributed by atoms with Crippen LogP contribution in [-0.4, -0.2) is 73.7 Å². The van der Waals surface area contributed by atoms with Crippen LogP contribution in [-0.2, 0) is 0 Å². The third-order valence-electron chi connectivity index (χ3n) is 0. The van der Waals surface area contributed by atoms with Gasteiger partial charge >= 0.3 is 84.1 Å². The smallest absolute Gasteiger partial charge is 1.00 e. The summed E-state index contributed by atoms with van der Waals surface area (Å²) >= 11 is 0. The summed E-state index contributed by atoms with van der Waals surface area (Å²) in [6, 6.07) is 0. The van der Waals surface area contributed by atoms with E-state index in [-0.39, 0.29) is 89.2 Å². The van der Waals surface area contributed by atoms with Crippen molar-refractivity contribution in [2.45, 2.75) is 0 Å². The van der Waals surface area contributed by atoms with E-state index in [2.05, 4.69) is 0 Å². The first-order valence-electron chi connectivity index (χ1n) is 0.894. The van der Waals surface area contributed by atoms with Gasteiger partial charge in [0.25, 0.3) is 0 Å². The van der Waals surface area contributed by atoms with Crippen LogP contribution in [0.3, 0.4) is 0 Å². The Hall–Kier alpha value is 2.97. The normalized spacial score (nSPS) is 7.50. The van der Waals surface area contributed by atoms with Crippen LogP contribution in [0.25, 0.3) is 0 Å². The van der Waals surface area contributed by atoms with Crippen LogP contribution in [0.1, 0.15) is 4.28 Å². The average Bonchev–Trinajstić information content (AvgIpc) is 0.722. The van der Waals surface area contributed by atoms with E-state index in [1.165, 1.54) is 0 Å². The van der Waals surface area contributed by atoms with Crippen LogP contribution in [0.4, 0.5) is 0 Å². The summed E-state index contributed by atoms with van der Waals surface area (Å²) in [5.41, 5.74) is 0. The zero-order chi connectivity index (χ0) is 4.50. The molecular formula is H10NaO4PSiSr. The Bertz CT molecular complexity index is 40.8. The van der Waals surface area contributed by atoms with Gasteiger partial charge in [-0.25, -0.2) is 0 Å². The Labute approximate surface area is 115 Å². The van der Waals surface area contributed by atoms with E-state index in [4.69, 9.17) is 19.2 Å². The van der Waals surface area contributed by atoms with Gasteiger partial charge in [0.2, 0.25) is 0 Å². The van der Waals surface area contributed by atoms with Gasteiger partial charge in [-0.05, 0) is 0 Å². The van der Waals surface area contributed by atoms with Gasteiger partial charge in [-0.1, -0.05) is 0 Å². The van der Waals surface area contributed by atoms with E-state index in [0.29, 0.717) is 0 Å². The summed E-state index contributed by atoms with van der Waals surface area (Å²) in [5, 5.41) is 0. The summed E-state index contributed by atoms with van der Waals surface area (Å²) in [6.45, 7) is 0. The monoisotopic (exact) mass is 244 g/mol. The van der Waals surface area contributed by atoms with Gasteiger partial charge in [-0.3, -0.25) is 0 Å². The molecule has 8 heavy (non-hydrogen) atoms. The minimum absolute atomic E-state index is 0. The van der Waals surface area contributed by atoms with Crippen LogP contribution in [0.2, 0.25) is 0 Å². The molecule has 0 aromatic rings. The second kappa shape index (κ2) is 9.97. The van der Waals surface area contributed by atoms with Crippen molar-refractivity contribution in [3.8, 4) is 0 Å². The zero-order valence-electron chi connectivity index (χ0n) is 7.70. The quantitative estimate of drug-likeness (QED) is 0.253. The number of hydrogen-bond acceptors (Lipinski definition) is 4. The molecule has 4 N–H and O–H groups in total. The largest absolute Gasteiger partial charge is 2.00 e. The van der Waals surface area contributed by atoms with E-state index in [1.807, 2.05) is 0 Å². The molecule has 0 heterocycles. The molecule has 0 aromatic carbocycles. The third kappa shape index (κ3) is 64.6. The van der Waals surface area contributed by atoms with Crippen LogP contribution in [0.15, 0.2) is 0 Å². The molecule has 8 heteroatoms. The molecule has 1 atom stereocenters. The minimum atomic E-state index is -4.61. The number of rotatable bonds is 0. The second-order valence-corrected chi connectivity index (χ2v) is 1.80. The Balaban J connectivity index is -0.00000000533. The molecule has 0 aliphatic rings. The van der Waals surface area contributed by atoms with Crippen molar-refractivity contribution in [3.05, 3.63) is 0 Å². The fourth-order valence-electron chi connectivity index (χ4n) is 0. The van der Waals surface area contributed by atoms with Gasteiger partial charge in [0, 0.05) is 0 Å². The van der Waals surface area contributed by atoms with Crippen LogP contribution in [0.5, 0.6) is 0 Å². The van der Waals surface area contributed by atoms with E-state index < -0.39 is 9.05 Å². The van der Waals surface area contributed by atoms with E-state index in [0.717, 1.165) is 0 Å². The van der Waals surface area contributed by atoms with Crippen molar-refractivity contribution in [3.63, 3.8) is 0 Å². The predicted molar refractivity (Wildman–Crippen MR) is 34.8 cm³/mol. The molecule has 0 aromatic heterocycles. The van der Waals surface area contributed by atoms with Crippen molar-refractivity contribution < 1.29 is 53.0 Å². The minimum Gasteiger partial charge on any atom is -1.00 e. The first kappa shape index (κ1) is 22.4. The molecule has 0 spiro atoms. The molecule has 0 aliphatic heterocycles. The third-order valence-corrected chi connectivity index (χ3v) is 0. The molecule has 0 fully saturated rings. The first-order valence-corrected chi connectivity index (χ1v) is 2.68. The van der Waals surface area contributed by atoms with Crippen molar-refractivity contribution in [1.29, 1.82) is 0 Å². The van der Waals surface area contributed by atoms with Crippen LogP contribution >= 0.6 is 9.90 Å². The Morgan fingerprint density at radius 2 is 1.00 bits per heavy atom. The fourth-order valence-corrected chi connectivity index (χ4v) is 0. The SMILES string of the molecule is O[Si](O)(O)O.P.[H-].[H-].[H-].[Na+].[Sr+2]. The maximum absolute atomic E-state index is 7.33. The maximum Gasteiger partial charge on any atom is 2.00 e. The molecule has 0 saturated heterocycles. The summed E-state index contributed by atoms with van der Waals surface area (Å²) in [5.74, 6) is 0. The van der Waals surface area contributed by atoms with Gasteiger partial charge in [-0.2, -0.15) is 9.90 Å². The molecule has 4 nitrogen and oxygen atoms in total. The number of hydrogen-bond donors (Lipinski definition) is 4. The maximum atomic E-state index is 7.33. The van der Waals surface area contributed by atoms with E-state index in [9.17, 15) is 0 Å². The molecule has 1 unspecified atom stereocenters. The topological polar surface area (TPSA) is 80.9 Å². The van der Waals surface area contributed by atoms with E-state index >= 15 is 0 Å². The average molecular weight is 244 g/mol. The molecule has 0 radical (unpaired) electrons. The predicted octanol–water partition coefficient (Wildman–Crippen LogP) is -5.59. The summed E-state index contributed by atoms with van der Waals surface area (Å²) in [6.07, 6.45) is 0. The standard InChI is InChI=1S/Na.H4O4Si.H3P.Sr.3H/c;1-5(2,3)4;;;;;/h;1-4H;1H3;;;;/q+1;;;+2;3*-1. The molecular weight excluding hydrogens is 234 g/mol. The van der Waals surface area contributed by atoms with Gasteiger partial charge in [0.15, 0.2) is 0 Å². The van der Waals surface area contributed by atoms with Crippen LogP contribution < -0.4 is 29.6 Å². The van der Waals surface area contributed by atoms with Crippen molar-refractivity contribution in [1.82, 2.24) is 0 Å². The fraction of sp³-hybridized carbons (Fsp3) is 0. The Kier molecular flexibility index (Phi) is 28.0. The molecule has 0 rings (SSSR count). The summed E-state index contributed by atoms with van der Waals surface area (Å²) in [4.78, 5) is 29.3. The zero-order valence-corrected chi connectivity index (χ0v) is 12.6. The summed E-state index contributed by atoms with van der Waals surface area (Å²) in [7, 11) is -4.61. The van der Waals surface area contributed by atoms with Gasteiger partial charge in [0.1, 0.15) is 0 Å². The Morgan fingerprint density at radius 3 is 1.00 bits per heavy atom.